The number of pyridine rings is 1. The molecule has 16 heavy (non-hydrogen) atoms. The van der Waals surface area contributed by atoms with Crippen molar-refractivity contribution in [1.82, 2.24) is 4.98 Å². The number of carboxylic acids is 1. The number of hydrogen-bond donors (Lipinski definition) is 3. The van der Waals surface area contributed by atoms with Crippen molar-refractivity contribution in [3.05, 3.63) is 39.5 Å². The first kappa shape index (κ1) is 10.4. The summed E-state index contributed by atoms with van der Waals surface area (Å²) in [6, 6.07) is 4.98. The Balaban J connectivity index is 2.77. The summed E-state index contributed by atoms with van der Waals surface area (Å²) in [6.45, 7) is 0. The van der Waals surface area contributed by atoms with Crippen LogP contribution < -0.4 is 11.3 Å². The summed E-state index contributed by atoms with van der Waals surface area (Å²) in [5, 5.41) is 10.8. The second-order valence-corrected chi connectivity index (χ2v) is 4.07. The maximum Gasteiger partial charge on any atom is 0.342 e. The number of carboxylic acid groups (broad SMARTS) is 1. The fraction of sp³-hybridized carbons (Fsp3) is 0. The van der Waals surface area contributed by atoms with Crippen molar-refractivity contribution in [3.63, 3.8) is 0 Å². The van der Waals surface area contributed by atoms with Gasteiger partial charge in [-0.05, 0) is 17.5 Å². The Morgan fingerprint density at radius 2 is 2.25 bits per heavy atom. The number of aromatic carboxylic acids is 1. The molecule has 0 aliphatic rings. The summed E-state index contributed by atoms with van der Waals surface area (Å²) in [6.07, 6.45) is 0. The second-order valence-electron chi connectivity index (χ2n) is 3.12. The van der Waals surface area contributed by atoms with E-state index < -0.39 is 11.5 Å². The summed E-state index contributed by atoms with van der Waals surface area (Å²) < 4.78 is 0. The van der Waals surface area contributed by atoms with Crippen LogP contribution in [0.5, 0.6) is 0 Å². The molecule has 0 aromatic carbocycles. The normalized spacial score (nSPS) is 10.2. The smallest absolute Gasteiger partial charge is 0.342 e. The number of aromatic amines is 1. The van der Waals surface area contributed by atoms with Gasteiger partial charge in [0.25, 0.3) is 5.56 Å². The summed E-state index contributed by atoms with van der Waals surface area (Å²) in [4.78, 5) is 25.5. The van der Waals surface area contributed by atoms with E-state index in [0.717, 1.165) is 0 Å². The number of nitrogen functional groups attached to an aromatic ring is 1. The summed E-state index contributed by atoms with van der Waals surface area (Å²) >= 11 is 1.35. The molecule has 0 radical (unpaired) electrons. The molecule has 0 unspecified atom stereocenters. The highest BCUT2D eigenvalue weighted by Crippen LogP contribution is 2.27. The van der Waals surface area contributed by atoms with Gasteiger partial charge < -0.3 is 15.8 Å². The molecular weight excluding hydrogens is 228 g/mol. The van der Waals surface area contributed by atoms with Crippen LogP contribution in [0, 0.1) is 0 Å². The minimum Gasteiger partial charge on any atom is -0.477 e. The molecule has 0 aliphatic heterocycles. The zero-order valence-electron chi connectivity index (χ0n) is 8.06. The number of nitrogens with two attached hydrogens (primary N) is 1. The van der Waals surface area contributed by atoms with Crippen molar-refractivity contribution >= 4 is 23.1 Å². The second kappa shape index (κ2) is 3.82. The number of hydrogen-bond acceptors (Lipinski definition) is 4. The fourth-order valence-electron chi connectivity index (χ4n) is 1.42. The number of H-pyrrole nitrogens is 1. The van der Waals surface area contributed by atoms with Gasteiger partial charge in [-0.1, -0.05) is 6.07 Å². The molecular formula is C10H8N2O3S. The van der Waals surface area contributed by atoms with Crippen LogP contribution in [-0.4, -0.2) is 16.1 Å². The third-order valence-corrected chi connectivity index (χ3v) is 2.96. The van der Waals surface area contributed by atoms with Gasteiger partial charge in [-0.15, -0.1) is 11.3 Å². The van der Waals surface area contributed by atoms with Crippen molar-refractivity contribution < 1.29 is 9.90 Å². The molecule has 2 aromatic rings. The van der Waals surface area contributed by atoms with E-state index in [9.17, 15) is 9.59 Å². The zero-order chi connectivity index (χ0) is 11.7. The summed E-state index contributed by atoms with van der Waals surface area (Å²) in [7, 11) is 0. The highest BCUT2D eigenvalue weighted by molar-refractivity contribution is 7.13. The molecule has 5 nitrogen and oxygen atoms in total. The van der Waals surface area contributed by atoms with Gasteiger partial charge >= 0.3 is 5.97 Å². The Morgan fingerprint density at radius 3 is 2.81 bits per heavy atom. The van der Waals surface area contributed by atoms with Gasteiger partial charge in [0.2, 0.25) is 0 Å². The van der Waals surface area contributed by atoms with Gasteiger partial charge in [0.1, 0.15) is 11.4 Å². The molecule has 0 amide bonds. The first-order chi connectivity index (χ1) is 7.59. The lowest BCUT2D eigenvalue weighted by Gasteiger charge is -2.03. The highest BCUT2D eigenvalue weighted by atomic mass is 32.1. The van der Waals surface area contributed by atoms with Crippen molar-refractivity contribution in [2.45, 2.75) is 0 Å². The number of rotatable bonds is 2. The van der Waals surface area contributed by atoms with Crippen LogP contribution in [0.4, 0.5) is 5.82 Å². The molecule has 0 atom stereocenters. The molecule has 0 spiro atoms. The summed E-state index contributed by atoms with van der Waals surface area (Å²) in [5.41, 5.74) is 4.88. The van der Waals surface area contributed by atoms with E-state index in [-0.39, 0.29) is 11.4 Å². The van der Waals surface area contributed by atoms with Gasteiger partial charge in [0.05, 0.1) is 0 Å². The van der Waals surface area contributed by atoms with Crippen LogP contribution in [0.3, 0.4) is 0 Å². The first-order valence-corrected chi connectivity index (χ1v) is 5.27. The lowest BCUT2D eigenvalue weighted by Crippen LogP contribution is -2.19. The standard InChI is InChI=1S/C10H8N2O3S/c11-7-4-5(6-2-1-3-16-6)8(10(14)15)9(13)12-7/h1-4H,(H,14,15)(H3,11,12,13). The molecule has 0 saturated carbocycles. The Hall–Kier alpha value is -2.08. The molecule has 2 rings (SSSR count). The number of anilines is 1. The van der Waals surface area contributed by atoms with Crippen LogP contribution in [0.15, 0.2) is 28.4 Å². The predicted molar refractivity (Wildman–Crippen MR) is 61.7 cm³/mol. The van der Waals surface area contributed by atoms with Crippen LogP contribution in [0.1, 0.15) is 10.4 Å². The number of nitrogens with one attached hydrogen (secondary N) is 1. The van der Waals surface area contributed by atoms with Crippen LogP contribution in [0.25, 0.3) is 10.4 Å². The van der Waals surface area contributed by atoms with E-state index in [1.54, 1.807) is 17.5 Å². The molecule has 0 saturated heterocycles. The third-order valence-electron chi connectivity index (χ3n) is 2.05. The molecule has 0 aliphatic carbocycles. The lowest BCUT2D eigenvalue weighted by molar-refractivity contribution is 0.0696. The highest BCUT2D eigenvalue weighted by Gasteiger charge is 2.17. The molecule has 4 N–H and O–H groups in total. The minimum absolute atomic E-state index is 0.151. The van der Waals surface area contributed by atoms with E-state index >= 15 is 0 Å². The monoisotopic (exact) mass is 236 g/mol. The molecule has 2 heterocycles. The molecule has 0 bridgehead atoms. The van der Waals surface area contributed by atoms with E-state index in [1.165, 1.54) is 17.4 Å². The van der Waals surface area contributed by atoms with Crippen LogP contribution in [-0.2, 0) is 0 Å². The SMILES string of the molecule is Nc1cc(-c2cccs2)c(C(=O)O)c(=O)[nH]1. The Kier molecular flexibility index (Phi) is 2.49. The van der Waals surface area contributed by atoms with Crippen molar-refractivity contribution in [2.24, 2.45) is 0 Å². The van der Waals surface area contributed by atoms with Gasteiger partial charge in [-0.2, -0.15) is 0 Å². The van der Waals surface area contributed by atoms with Crippen molar-refractivity contribution in [3.8, 4) is 10.4 Å². The number of aromatic nitrogens is 1. The quantitative estimate of drug-likeness (QED) is 0.734. The maximum atomic E-state index is 11.5. The van der Waals surface area contributed by atoms with Gasteiger partial charge in [-0.3, -0.25) is 4.79 Å². The van der Waals surface area contributed by atoms with Gasteiger partial charge in [0, 0.05) is 10.4 Å². The van der Waals surface area contributed by atoms with Gasteiger partial charge in [0.15, 0.2) is 0 Å². The van der Waals surface area contributed by atoms with E-state index in [0.29, 0.717) is 10.4 Å². The third kappa shape index (κ3) is 1.70. The lowest BCUT2D eigenvalue weighted by atomic mass is 10.1. The Bertz CT molecular complexity index is 587. The van der Waals surface area contributed by atoms with Crippen molar-refractivity contribution in [2.75, 3.05) is 5.73 Å². The molecule has 6 heteroatoms. The average molecular weight is 236 g/mol. The van der Waals surface area contributed by atoms with E-state index in [1.807, 2.05) is 0 Å². The topological polar surface area (TPSA) is 96.2 Å². The van der Waals surface area contributed by atoms with Gasteiger partial charge in [-0.25, -0.2) is 4.79 Å². The van der Waals surface area contributed by atoms with Crippen LogP contribution in [0.2, 0.25) is 0 Å². The Labute approximate surface area is 94.2 Å². The van der Waals surface area contributed by atoms with Crippen molar-refractivity contribution in [1.29, 1.82) is 0 Å². The van der Waals surface area contributed by atoms with E-state index in [4.69, 9.17) is 10.8 Å². The number of thiophene rings is 1. The molecule has 82 valence electrons. The largest absolute Gasteiger partial charge is 0.477 e. The average Bonchev–Trinajstić information content (AvgIpc) is 2.67. The van der Waals surface area contributed by atoms with E-state index in [2.05, 4.69) is 4.98 Å². The summed E-state index contributed by atoms with van der Waals surface area (Å²) in [5.74, 6) is -1.11. The molecule has 0 fully saturated rings. The van der Waals surface area contributed by atoms with Crippen LogP contribution >= 0.6 is 11.3 Å². The Morgan fingerprint density at radius 1 is 1.50 bits per heavy atom. The minimum atomic E-state index is -1.26. The number of carbonyl (C=O) groups is 1. The predicted octanol–water partition coefficient (Wildman–Crippen LogP) is 1.38. The molecule has 2 aromatic heterocycles. The zero-order valence-corrected chi connectivity index (χ0v) is 8.88. The fourth-order valence-corrected chi connectivity index (χ4v) is 2.17. The first-order valence-electron chi connectivity index (χ1n) is 4.39. The maximum absolute atomic E-state index is 11.5.